The van der Waals surface area contributed by atoms with Crippen molar-refractivity contribution in [3.63, 3.8) is 0 Å². The number of benzene rings is 3. The van der Waals surface area contributed by atoms with E-state index in [0.717, 1.165) is 11.1 Å². The summed E-state index contributed by atoms with van der Waals surface area (Å²) >= 11 is 0. The number of isocyanates is 1. The number of aliphatic imine (C=N–C) groups is 1. The fourth-order valence-corrected chi connectivity index (χ4v) is 2.60. The van der Waals surface area contributed by atoms with Crippen LogP contribution in [0.5, 0.6) is 5.75 Å². The van der Waals surface area contributed by atoms with Crippen molar-refractivity contribution in [2.24, 2.45) is 4.99 Å². The number of rotatable bonds is 6. The number of carbonyl (C=O) groups is 2. The maximum atomic E-state index is 12.0. The summed E-state index contributed by atoms with van der Waals surface area (Å²) in [5.41, 5.74) is 3.56. The molecule has 28 heavy (non-hydrogen) atoms. The minimum Gasteiger partial charge on any atom is -0.409 e. The molecular formula is C22H16N2O4. The quantitative estimate of drug-likeness (QED) is 0.387. The van der Waals surface area contributed by atoms with Crippen LogP contribution in [0.4, 0.5) is 16.2 Å². The second kappa shape index (κ2) is 9.07. The van der Waals surface area contributed by atoms with Gasteiger partial charge in [0.25, 0.3) is 0 Å². The molecular weight excluding hydrogens is 356 g/mol. The van der Waals surface area contributed by atoms with E-state index >= 15 is 0 Å². The van der Waals surface area contributed by atoms with E-state index in [1.807, 2.05) is 24.3 Å². The molecule has 0 heterocycles. The molecule has 6 nitrogen and oxygen atoms in total. The Labute approximate surface area is 161 Å². The Balaban J connectivity index is 1.60. The summed E-state index contributed by atoms with van der Waals surface area (Å²) in [7, 11) is 0. The average molecular weight is 372 g/mol. The molecule has 0 radical (unpaired) electrons. The van der Waals surface area contributed by atoms with Gasteiger partial charge < -0.3 is 4.74 Å². The molecule has 0 saturated carbocycles. The molecule has 6 heteroatoms. The van der Waals surface area contributed by atoms with Gasteiger partial charge in [-0.25, -0.2) is 9.59 Å². The zero-order valence-electron chi connectivity index (χ0n) is 14.8. The Hall–Kier alpha value is -4.02. The van der Waals surface area contributed by atoms with E-state index in [-0.39, 0.29) is 5.75 Å². The van der Waals surface area contributed by atoms with E-state index in [9.17, 15) is 14.4 Å². The number of aldehydes is 1. The van der Waals surface area contributed by atoms with Gasteiger partial charge in [-0.2, -0.15) is 4.99 Å². The lowest BCUT2D eigenvalue weighted by molar-refractivity contribution is 0.112. The Kier molecular flexibility index (Phi) is 6.08. The standard InChI is InChI=1S/C22H16N2O4/c25-14-18-3-1-2-4-21(18)28-22(27)24-20-11-7-17(8-12-20)13-16-5-9-19(10-6-16)23-15-26/h1-12,14H,13H2,(H,24,27). The van der Waals surface area contributed by atoms with Crippen molar-refractivity contribution < 1.29 is 19.1 Å². The largest absolute Gasteiger partial charge is 0.417 e. The highest BCUT2D eigenvalue weighted by atomic mass is 16.6. The molecule has 0 bridgehead atoms. The first-order chi connectivity index (χ1) is 13.7. The highest BCUT2D eigenvalue weighted by molar-refractivity contribution is 5.88. The molecule has 0 aliphatic heterocycles. The first kappa shape index (κ1) is 18.8. The topological polar surface area (TPSA) is 84.8 Å². The van der Waals surface area contributed by atoms with Crippen LogP contribution in [0.3, 0.4) is 0 Å². The van der Waals surface area contributed by atoms with Crippen molar-refractivity contribution in [2.75, 3.05) is 5.32 Å². The summed E-state index contributed by atoms with van der Waals surface area (Å²) in [6.07, 6.45) is 2.17. The van der Waals surface area contributed by atoms with Crippen LogP contribution in [0.15, 0.2) is 77.8 Å². The Morgan fingerprint density at radius 2 is 1.61 bits per heavy atom. The van der Waals surface area contributed by atoms with E-state index in [2.05, 4.69) is 10.3 Å². The van der Waals surface area contributed by atoms with E-state index in [0.29, 0.717) is 29.6 Å². The fourth-order valence-electron chi connectivity index (χ4n) is 2.60. The van der Waals surface area contributed by atoms with E-state index in [1.54, 1.807) is 48.5 Å². The molecule has 1 amide bonds. The van der Waals surface area contributed by atoms with Gasteiger partial charge in [-0.05, 0) is 53.9 Å². The average Bonchev–Trinajstić information content (AvgIpc) is 2.71. The summed E-state index contributed by atoms with van der Waals surface area (Å²) in [6, 6.07) is 21.1. The van der Waals surface area contributed by atoms with Gasteiger partial charge >= 0.3 is 6.09 Å². The van der Waals surface area contributed by atoms with Crippen LogP contribution in [0.2, 0.25) is 0 Å². The van der Waals surface area contributed by atoms with Gasteiger partial charge in [-0.15, -0.1) is 0 Å². The highest BCUT2D eigenvalue weighted by Crippen LogP contribution is 2.19. The van der Waals surface area contributed by atoms with E-state index in [1.165, 1.54) is 6.08 Å². The molecule has 3 aromatic carbocycles. The lowest BCUT2D eigenvalue weighted by Crippen LogP contribution is -2.17. The lowest BCUT2D eigenvalue weighted by Gasteiger charge is -2.09. The maximum Gasteiger partial charge on any atom is 0.417 e. The van der Waals surface area contributed by atoms with Gasteiger partial charge in [0.2, 0.25) is 6.08 Å². The number of para-hydroxylation sites is 1. The van der Waals surface area contributed by atoms with Gasteiger partial charge in [0.05, 0.1) is 11.3 Å². The van der Waals surface area contributed by atoms with Crippen molar-refractivity contribution in [2.45, 2.75) is 6.42 Å². The summed E-state index contributed by atoms with van der Waals surface area (Å²) in [5, 5.41) is 2.63. The van der Waals surface area contributed by atoms with Crippen LogP contribution in [0.1, 0.15) is 21.5 Å². The predicted molar refractivity (Wildman–Crippen MR) is 105 cm³/mol. The summed E-state index contributed by atoms with van der Waals surface area (Å²) < 4.78 is 5.18. The van der Waals surface area contributed by atoms with Crippen molar-refractivity contribution in [3.8, 4) is 5.75 Å². The third-order valence-corrected chi connectivity index (χ3v) is 3.97. The number of hydrogen-bond donors (Lipinski definition) is 1. The van der Waals surface area contributed by atoms with E-state index < -0.39 is 6.09 Å². The number of anilines is 1. The summed E-state index contributed by atoms with van der Waals surface area (Å²) in [6.45, 7) is 0. The van der Waals surface area contributed by atoms with Crippen molar-refractivity contribution >= 4 is 29.8 Å². The molecule has 0 saturated heterocycles. The van der Waals surface area contributed by atoms with Gasteiger partial charge in [-0.1, -0.05) is 36.4 Å². The van der Waals surface area contributed by atoms with Crippen molar-refractivity contribution in [1.29, 1.82) is 0 Å². The molecule has 3 aromatic rings. The molecule has 138 valence electrons. The minimum atomic E-state index is -0.673. The number of hydrogen-bond acceptors (Lipinski definition) is 5. The second-order valence-electron chi connectivity index (χ2n) is 5.91. The molecule has 0 aliphatic rings. The number of nitrogens with one attached hydrogen (secondary N) is 1. The Morgan fingerprint density at radius 3 is 2.25 bits per heavy atom. The third-order valence-electron chi connectivity index (χ3n) is 3.97. The van der Waals surface area contributed by atoms with E-state index in [4.69, 9.17) is 4.74 Å². The molecule has 0 unspecified atom stereocenters. The number of nitrogens with zero attached hydrogens (tertiary/aromatic N) is 1. The molecule has 0 spiro atoms. The van der Waals surface area contributed by atoms with Crippen LogP contribution in [-0.2, 0) is 11.2 Å². The molecule has 0 aromatic heterocycles. The number of carbonyl (C=O) groups excluding carboxylic acids is 3. The normalized spacial score (nSPS) is 9.86. The first-order valence-electron chi connectivity index (χ1n) is 8.47. The van der Waals surface area contributed by atoms with Gasteiger partial charge in [0.1, 0.15) is 5.75 Å². The zero-order valence-corrected chi connectivity index (χ0v) is 14.8. The smallest absolute Gasteiger partial charge is 0.409 e. The van der Waals surface area contributed by atoms with Crippen molar-refractivity contribution in [3.05, 3.63) is 89.5 Å². The molecule has 1 N–H and O–H groups in total. The monoisotopic (exact) mass is 372 g/mol. The SMILES string of the molecule is O=C=Nc1ccc(Cc2ccc(NC(=O)Oc3ccccc3C=O)cc2)cc1. The molecule has 0 fully saturated rings. The number of amides is 1. The molecule has 3 rings (SSSR count). The van der Waals surface area contributed by atoms with Crippen LogP contribution in [-0.4, -0.2) is 18.5 Å². The summed E-state index contributed by atoms with van der Waals surface area (Å²) in [5.74, 6) is 0.203. The Morgan fingerprint density at radius 1 is 0.964 bits per heavy atom. The number of ether oxygens (including phenoxy) is 1. The first-order valence-corrected chi connectivity index (χ1v) is 8.47. The van der Waals surface area contributed by atoms with Crippen LogP contribution < -0.4 is 10.1 Å². The summed E-state index contributed by atoms with van der Waals surface area (Å²) in [4.78, 5) is 36.8. The van der Waals surface area contributed by atoms with Crippen LogP contribution in [0, 0.1) is 0 Å². The van der Waals surface area contributed by atoms with Gasteiger partial charge in [-0.3, -0.25) is 10.1 Å². The van der Waals surface area contributed by atoms with Crippen molar-refractivity contribution in [1.82, 2.24) is 0 Å². The molecule has 0 aliphatic carbocycles. The Bertz CT molecular complexity index is 1020. The van der Waals surface area contributed by atoms with Gasteiger partial charge in [0.15, 0.2) is 6.29 Å². The predicted octanol–water partition coefficient (Wildman–Crippen LogP) is 4.67. The third kappa shape index (κ3) is 5.00. The highest BCUT2D eigenvalue weighted by Gasteiger charge is 2.08. The molecule has 0 atom stereocenters. The minimum absolute atomic E-state index is 0.203. The van der Waals surface area contributed by atoms with Gasteiger partial charge in [0, 0.05) is 5.69 Å². The second-order valence-corrected chi connectivity index (χ2v) is 5.91. The zero-order chi connectivity index (χ0) is 19.8. The lowest BCUT2D eigenvalue weighted by atomic mass is 10.0. The maximum absolute atomic E-state index is 12.0. The van der Waals surface area contributed by atoms with Crippen LogP contribution >= 0.6 is 0 Å². The fraction of sp³-hybridized carbons (Fsp3) is 0.0455. The van der Waals surface area contributed by atoms with Crippen LogP contribution in [0.25, 0.3) is 0 Å².